The fraction of sp³-hybridized carbons (Fsp3) is 0.417. The number of carbonyl (C=O) groups is 2. The second-order valence-electron chi connectivity index (χ2n) is 8.92. The first-order valence-electron chi connectivity index (χ1n) is 11.6. The van der Waals surface area contributed by atoms with Gasteiger partial charge >= 0.3 is 0 Å². The van der Waals surface area contributed by atoms with Crippen molar-refractivity contribution in [1.82, 2.24) is 24.4 Å². The predicted octanol–water partition coefficient (Wildman–Crippen LogP) is 2.72. The average molecular weight is 482 g/mol. The van der Waals surface area contributed by atoms with Crippen LogP contribution in [0.25, 0.3) is 5.65 Å². The normalized spacial score (nSPS) is 19.3. The van der Waals surface area contributed by atoms with Crippen LogP contribution in [-0.4, -0.2) is 82.5 Å². The Balaban J connectivity index is 1.54. The maximum Gasteiger partial charge on any atom is 0.261 e. The van der Waals surface area contributed by atoms with Gasteiger partial charge in [0.2, 0.25) is 5.91 Å². The van der Waals surface area contributed by atoms with Crippen LogP contribution in [0.3, 0.4) is 0 Å². The minimum absolute atomic E-state index is 0.00857. The highest BCUT2D eigenvalue weighted by molar-refractivity contribution is 6.30. The van der Waals surface area contributed by atoms with Crippen LogP contribution < -0.4 is 10.2 Å². The number of carbonyl (C=O) groups excluding carboxylic acids is 2. The van der Waals surface area contributed by atoms with Crippen LogP contribution >= 0.6 is 11.6 Å². The van der Waals surface area contributed by atoms with E-state index in [1.165, 1.54) is 0 Å². The minimum atomic E-state index is -0.288. The second kappa shape index (κ2) is 9.23. The molecule has 0 saturated carbocycles. The van der Waals surface area contributed by atoms with E-state index in [2.05, 4.69) is 27.3 Å². The Kier molecular flexibility index (Phi) is 6.14. The van der Waals surface area contributed by atoms with E-state index in [-0.39, 0.29) is 17.7 Å². The number of likely N-dealkylation sites (tertiary alicyclic amines) is 1. The van der Waals surface area contributed by atoms with Gasteiger partial charge in [0.1, 0.15) is 11.4 Å². The molecule has 34 heavy (non-hydrogen) atoms. The molecular weight excluding hydrogens is 454 g/mol. The molecule has 0 spiro atoms. The fourth-order valence-electron chi connectivity index (χ4n) is 4.60. The Hall–Kier alpha value is -3.17. The van der Waals surface area contributed by atoms with Gasteiger partial charge in [-0.15, -0.1) is 0 Å². The Morgan fingerprint density at radius 1 is 1.18 bits per heavy atom. The highest BCUT2D eigenvalue weighted by atomic mass is 35.5. The molecule has 2 fully saturated rings. The first-order chi connectivity index (χ1) is 16.4. The van der Waals surface area contributed by atoms with E-state index >= 15 is 0 Å². The molecule has 1 unspecified atom stereocenters. The van der Waals surface area contributed by atoms with Gasteiger partial charge in [-0.1, -0.05) is 11.6 Å². The standard InChI is InChI=1S/C24H28ClN7O2/c1-3-30-15-16(12-22(30)33)20-13-21(31-10-8-29(2)9-11-31)32-23(28-20)19(14-26-32)24(34)27-18-6-4-17(25)5-7-18/h4-7,13-14,16H,3,8-12,15H2,1-2H3,(H,27,34). The summed E-state index contributed by atoms with van der Waals surface area (Å²) in [5, 5.41) is 8.05. The van der Waals surface area contributed by atoms with E-state index < -0.39 is 0 Å². The number of hydrogen-bond donors (Lipinski definition) is 1. The van der Waals surface area contributed by atoms with Crippen molar-refractivity contribution in [3.63, 3.8) is 0 Å². The van der Waals surface area contributed by atoms with Crippen molar-refractivity contribution in [2.24, 2.45) is 0 Å². The molecule has 2 saturated heterocycles. The van der Waals surface area contributed by atoms with Gasteiger partial charge in [-0.25, -0.2) is 4.98 Å². The van der Waals surface area contributed by atoms with Crippen LogP contribution in [0.1, 0.15) is 35.3 Å². The highest BCUT2D eigenvalue weighted by Crippen LogP contribution is 2.31. The summed E-state index contributed by atoms with van der Waals surface area (Å²) in [7, 11) is 2.11. The van der Waals surface area contributed by atoms with Gasteiger partial charge in [0, 0.05) is 68.4 Å². The predicted molar refractivity (Wildman–Crippen MR) is 132 cm³/mol. The molecule has 2 aliphatic rings. The number of fused-ring (bicyclic) bond motifs is 1. The fourth-order valence-corrected chi connectivity index (χ4v) is 4.73. The van der Waals surface area contributed by atoms with Crippen molar-refractivity contribution in [3.8, 4) is 0 Å². The third kappa shape index (κ3) is 4.33. The Morgan fingerprint density at radius 3 is 2.59 bits per heavy atom. The molecule has 1 N–H and O–H groups in total. The molecule has 2 amide bonds. The number of nitrogens with one attached hydrogen (secondary N) is 1. The summed E-state index contributed by atoms with van der Waals surface area (Å²) < 4.78 is 1.75. The summed E-state index contributed by atoms with van der Waals surface area (Å²) in [5.41, 5.74) is 2.36. The third-order valence-corrected chi connectivity index (χ3v) is 6.91. The zero-order valence-electron chi connectivity index (χ0n) is 19.4. The maximum atomic E-state index is 13.2. The summed E-state index contributed by atoms with van der Waals surface area (Å²) in [5.74, 6) is 0.750. The van der Waals surface area contributed by atoms with Gasteiger partial charge in [-0.3, -0.25) is 9.59 Å². The van der Waals surface area contributed by atoms with E-state index in [4.69, 9.17) is 16.6 Å². The Morgan fingerprint density at radius 2 is 1.91 bits per heavy atom. The number of hydrogen-bond acceptors (Lipinski definition) is 6. The largest absolute Gasteiger partial charge is 0.354 e. The van der Waals surface area contributed by atoms with Crippen molar-refractivity contribution >= 4 is 40.6 Å². The molecular formula is C24H28ClN7O2. The number of likely N-dealkylation sites (N-methyl/N-ethyl adjacent to an activating group) is 2. The van der Waals surface area contributed by atoms with Crippen LogP contribution in [0.15, 0.2) is 36.5 Å². The van der Waals surface area contributed by atoms with Crippen molar-refractivity contribution in [1.29, 1.82) is 0 Å². The number of nitrogens with zero attached hydrogens (tertiary/aromatic N) is 6. The quantitative estimate of drug-likeness (QED) is 0.603. The molecule has 5 rings (SSSR count). The summed E-state index contributed by atoms with van der Waals surface area (Å²) in [4.78, 5) is 36.9. The molecule has 0 aliphatic carbocycles. The van der Waals surface area contributed by atoms with Crippen molar-refractivity contribution < 1.29 is 9.59 Å². The lowest BCUT2D eigenvalue weighted by atomic mass is 10.0. The lowest BCUT2D eigenvalue weighted by molar-refractivity contribution is -0.127. The summed E-state index contributed by atoms with van der Waals surface area (Å²) in [6.45, 7) is 6.90. The van der Waals surface area contributed by atoms with Gasteiger partial charge in [0.25, 0.3) is 5.91 Å². The molecule has 4 heterocycles. The topological polar surface area (TPSA) is 86.1 Å². The number of halogens is 1. The number of amides is 2. The maximum absolute atomic E-state index is 13.2. The highest BCUT2D eigenvalue weighted by Gasteiger charge is 2.32. The molecule has 178 valence electrons. The van der Waals surface area contributed by atoms with Crippen LogP contribution in [0.2, 0.25) is 5.02 Å². The summed E-state index contributed by atoms with van der Waals surface area (Å²) in [6, 6.07) is 9.01. The lowest BCUT2D eigenvalue weighted by Gasteiger charge is -2.34. The Bertz CT molecular complexity index is 1220. The molecule has 9 nitrogen and oxygen atoms in total. The summed E-state index contributed by atoms with van der Waals surface area (Å²) >= 11 is 5.97. The SMILES string of the molecule is CCN1CC(c2cc(N3CCN(C)CC3)n3ncc(C(=O)Nc4ccc(Cl)cc4)c3n2)CC1=O. The van der Waals surface area contributed by atoms with E-state index in [9.17, 15) is 9.59 Å². The zero-order chi connectivity index (χ0) is 23.8. The number of piperazine rings is 1. The van der Waals surface area contributed by atoms with Gasteiger partial charge < -0.3 is 20.0 Å². The van der Waals surface area contributed by atoms with Crippen molar-refractivity contribution in [2.45, 2.75) is 19.3 Å². The number of benzene rings is 1. The molecule has 10 heteroatoms. The Labute approximate surface area is 203 Å². The minimum Gasteiger partial charge on any atom is -0.354 e. The molecule has 0 bridgehead atoms. The lowest BCUT2D eigenvalue weighted by Crippen LogP contribution is -2.45. The average Bonchev–Trinajstić information content (AvgIpc) is 3.44. The summed E-state index contributed by atoms with van der Waals surface area (Å²) in [6.07, 6.45) is 1.99. The molecule has 2 aliphatic heterocycles. The van der Waals surface area contributed by atoms with E-state index in [1.807, 2.05) is 17.9 Å². The van der Waals surface area contributed by atoms with Gasteiger partial charge in [-0.2, -0.15) is 9.61 Å². The van der Waals surface area contributed by atoms with Crippen LogP contribution in [-0.2, 0) is 4.79 Å². The third-order valence-electron chi connectivity index (χ3n) is 6.66. The van der Waals surface area contributed by atoms with E-state index in [1.54, 1.807) is 35.0 Å². The second-order valence-corrected chi connectivity index (χ2v) is 9.35. The van der Waals surface area contributed by atoms with Crippen molar-refractivity contribution in [2.75, 3.05) is 56.5 Å². The monoisotopic (exact) mass is 481 g/mol. The van der Waals surface area contributed by atoms with E-state index in [0.29, 0.717) is 41.4 Å². The van der Waals surface area contributed by atoms with Crippen molar-refractivity contribution in [3.05, 3.63) is 52.8 Å². The first kappa shape index (κ1) is 22.6. The molecule has 2 aromatic heterocycles. The molecule has 3 aromatic rings. The molecule has 1 atom stereocenters. The van der Waals surface area contributed by atoms with E-state index in [0.717, 1.165) is 37.7 Å². The first-order valence-corrected chi connectivity index (χ1v) is 12.0. The molecule has 0 radical (unpaired) electrons. The molecule has 1 aromatic carbocycles. The number of rotatable bonds is 5. The van der Waals surface area contributed by atoms with Crippen LogP contribution in [0, 0.1) is 0 Å². The number of anilines is 2. The zero-order valence-corrected chi connectivity index (χ0v) is 20.1. The van der Waals surface area contributed by atoms with Crippen LogP contribution in [0.5, 0.6) is 0 Å². The smallest absolute Gasteiger partial charge is 0.261 e. The van der Waals surface area contributed by atoms with Gasteiger partial charge in [-0.05, 0) is 38.2 Å². The van der Waals surface area contributed by atoms with Gasteiger partial charge in [0.15, 0.2) is 5.65 Å². The van der Waals surface area contributed by atoms with Gasteiger partial charge in [0.05, 0.1) is 11.9 Å². The number of aromatic nitrogens is 3. The van der Waals surface area contributed by atoms with Crippen LogP contribution in [0.4, 0.5) is 11.5 Å².